The van der Waals surface area contributed by atoms with E-state index in [-0.39, 0.29) is 24.6 Å². The molecule has 3 N–H and O–H groups in total. The van der Waals surface area contributed by atoms with Crippen molar-refractivity contribution in [3.05, 3.63) is 0 Å². The van der Waals surface area contributed by atoms with Gasteiger partial charge in [-0.2, -0.15) is 0 Å². The minimum absolute atomic E-state index is 0.0131. The lowest BCUT2D eigenvalue weighted by Gasteiger charge is -2.14. The molecule has 17 heavy (non-hydrogen) atoms. The molecule has 6 nitrogen and oxygen atoms in total. The number of rotatable bonds is 8. The number of nitrogens with one attached hydrogen (secondary N) is 1. The van der Waals surface area contributed by atoms with E-state index in [9.17, 15) is 13.2 Å². The molecule has 0 saturated carbocycles. The number of hydrogen-bond donors (Lipinski definition) is 2. The Bertz CT molecular complexity index is 367. The minimum Gasteiger partial charge on any atom is -0.466 e. The van der Waals surface area contributed by atoms with Gasteiger partial charge in [-0.05, 0) is 13.3 Å². The summed E-state index contributed by atoms with van der Waals surface area (Å²) in [4.78, 5) is 10.9. The number of ether oxygens (including phenoxy) is 1. The molecule has 8 heteroatoms. The SMILES string of the molecule is CCOC(=O)CCNS(=O)(=O)C(CC)C(N)=S. The van der Waals surface area contributed by atoms with E-state index < -0.39 is 21.2 Å². The van der Waals surface area contributed by atoms with Crippen LogP contribution in [0.25, 0.3) is 0 Å². The number of carbonyl (C=O) groups excluding carboxylic acids is 1. The predicted molar refractivity (Wildman–Crippen MR) is 69.0 cm³/mol. The third-order valence-corrected chi connectivity index (χ3v) is 4.38. The number of hydrogen-bond acceptors (Lipinski definition) is 5. The smallest absolute Gasteiger partial charge is 0.307 e. The van der Waals surface area contributed by atoms with E-state index >= 15 is 0 Å². The van der Waals surface area contributed by atoms with Crippen LogP contribution in [-0.4, -0.2) is 37.8 Å². The summed E-state index contributed by atoms with van der Waals surface area (Å²) < 4.78 is 30.4. The summed E-state index contributed by atoms with van der Waals surface area (Å²) >= 11 is 4.67. The van der Waals surface area contributed by atoms with Crippen LogP contribution >= 0.6 is 12.2 Å². The molecule has 0 aromatic carbocycles. The molecule has 0 aromatic heterocycles. The van der Waals surface area contributed by atoms with E-state index in [2.05, 4.69) is 21.7 Å². The summed E-state index contributed by atoms with van der Waals surface area (Å²) in [6, 6.07) is 0. The van der Waals surface area contributed by atoms with Gasteiger partial charge < -0.3 is 10.5 Å². The average molecular weight is 282 g/mol. The second-order valence-electron chi connectivity index (χ2n) is 3.29. The highest BCUT2D eigenvalue weighted by molar-refractivity contribution is 7.93. The summed E-state index contributed by atoms with van der Waals surface area (Å²) in [6.45, 7) is 3.62. The molecule has 0 aliphatic rings. The fourth-order valence-corrected chi connectivity index (χ4v) is 3.08. The summed E-state index contributed by atoms with van der Waals surface area (Å²) in [5.74, 6) is -0.446. The Morgan fingerprint density at radius 1 is 1.47 bits per heavy atom. The van der Waals surface area contributed by atoms with Gasteiger partial charge in [0.25, 0.3) is 0 Å². The molecule has 0 rings (SSSR count). The van der Waals surface area contributed by atoms with Gasteiger partial charge in [-0.25, -0.2) is 13.1 Å². The Morgan fingerprint density at radius 3 is 2.47 bits per heavy atom. The number of thiocarbonyl (C=S) groups is 1. The second kappa shape index (κ2) is 7.57. The van der Waals surface area contributed by atoms with Gasteiger partial charge in [0.05, 0.1) is 18.0 Å². The molecular formula is C9H18N2O4S2. The molecule has 0 aromatic rings. The lowest BCUT2D eigenvalue weighted by molar-refractivity contribution is -0.142. The number of esters is 1. The fraction of sp³-hybridized carbons (Fsp3) is 0.778. The van der Waals surface area contributed by atoms with Crippen molar-refractivity contribution in [3.63, 3.8) is 0 Å². The normalized spacial score (nSPS) is 13.1. The van der Waals surface area contributed by atoms with Crippen LogP contribution in [0.4, 0.5) is 0 Å². The van der Waals surface area contributed by atoms with Gasteiger partial charge in [0.15, 0.2) is 0 Å². The zero-order valence-electron chi connectivity index (χ0n) is 9.93. The van der Waals surface area contributed by atoms with E-state index in [1.165, 1.54) is 0 Å². The van der Waals surface area contributed by atoms with Gasteiger partial charge in [0.2, 0.25) is 10.0 Å². The zero-order chi connectivity index (χ0) is 13.5. The number of sulfonamides is 1. The van der Waals surface area contributed by atoms with Gasteiger partial charge in [0, 0.05) is 6.54 Å². The lowest BCUT2D eigenvalue weighted by atomic mass is 10.3. The Kier molecular flexibility index (Phi) is 7.24. The van der Waals surface area contributed by atoms with Crippen molar-refractivity contribution in [2.75, 3.05) is 13.2 Å². The Hall–Kier alpha value is -0.730. The van der Waals surface area contributed by atoms with Crippen molar-refractivity contribution in [1.29, 1.82) is 0 Å². The van der Waals surface area contributed by atoms with Crippen LogP contribution in [0.5, 0.6) is 0 Å². The summed E-state index contributed by atoms with van der Waals surface area (Å²) in [5.41, 5.74) is 5.33. The van der Waals surface area contributed by atoms with Crippen molar-refractivity contribution in [2.24, 2.45) is 5.73 Å². The van der Waals surface area contributed by atoms with Crippen molar-refractivity contribution < 1.29 is 17.9 Å². The molecule has 0 spiro atoms. The average Bonchev–Trinajstić information content (AvgIpc) is 2.17. The first-order chi connectivity index (χ1) is 7.85. The standard InChI is InChI=1S/C9H18N2O4S2/c1-3-7(9(10)16)17(13,14)11-6-5-8(12)15-4-2/h7,11H,3-6H2,1-2H3,(H2,10,16). The predicted octanol–water partition coefficient (Wildman–Crippen LogP) is -0.0763. The number of nitrogens with two attached hydrogens (primary N) is 1. The first-order valence-corrected chi connectivity index (χ1v) is 7.24. The Morgan fingerprint density at radius 2 is 2.06 bits per heavy atom. The van der Waals surface area contributed by atoms with E-state index in [1.807, 2.05) is 0 Å². The Balaban J connectivity index is 4.27. The van der Waals surface area contributed by atoms with E-state index in [0.29, 0.717) is 6.42 Å². The third-order valence-electron chi connectivity index (χ3n) is 2.00. The molecule has 0 bridgehead atoms. The van der Waals surface area contributed by atoms with Crippen LogP contribution in [0.3, 0.4) is 0 Å². The molecule has 0 heterocycles. The van der Waals surface area contributed by atoms with Gasteiger partial charge in [-0.15, -0.1) is 0 Å². The maximum Gasteiger partial charge on any atom is 0.307 e. The largest absolute Gasteiger partial charge is 0.466 e. The molecule has 0 fully saturated rings. The molecule has 0 radical (unpaired) electrons. The Labute approximate surface area is 107 Å². The quantitative estimate of drug-likeness (QED) is 0.477. The molecular weight excluding hydrogens is 264 g/mol. The molecule has 0 saturated heterocycles. The maximum atomic E-state index is 11.7. The molecule has 0 amide bonds. The summed E-state index contributed by atoms with van der Waals surface area (Å²) in [6.07, 6.45) is 0.283. The van der Waals surface area contributed by atoms with Crippen LogP contribution in [0.15, 0.2) is 0 Å². The summed E-state index contributed by atoms with van der Waals surface area (Å²) in [5, 5.41) is -0.903. The fourth-order valence-electron chi connectivity index (χ4n) is 1.20. The topological polar surface area (TPSA) is 98.5 Å². The zero-order valence-corrected chi connectivity index (χ0v) is 11.6. The van der Waals surface area contributed by atoms with Crippen LogP contribution in [0.2, 0.25) is 0 Å². The van der Waals surface area contributed by atoms with Crippen LogP contribution in [0, 0.1) is 0 Å². The van der Waals surface area contributed by atoms with Gasteiger partial charge in [-0.1, -0.05) is 19.1 Å². The van der Waals surface area contributed by atoms with Crippen LogP contribution in [-0.2, 0) is 19.6 Å². The highest BCUT2D eigenvalue weighted by Crippen LogP contribution is 2.04. The molecule has 100 valence electrons. The highest BCUT2D eigenvalue weighted by atomic mass is 32.2. The highest BCUT2D eigenvalue weighted by Gasteiger charge is 2.25. The van der Waals surface area contributed by atoms with E-state index in [4.69, 9.17) is 5.73 Å². The first-order valence-electron chi connectivity index (χ1n) is 5.28. The van der Waals surface area contributed by atoms with Crippen LogP contribution in [0.1, 0.15) is 26.7 Å². The van der Waals surface area contributed by atoms with Gasteiger partial charge in [0.1, 0.15) is 5.25 Å². The molecule has 0 aliphatic carbocycles. The van der Waals surface area contributed by atoms with Crippen molar-refractivity contribution >= 4 is 33.2 Å². The molecule has 1 atom stereocenters. The number of carbonyl (C=O) groups is 1. The summed E-state index contributed by atoms with van der Waals surface area (Å²) in [7, 11) is -3.61. The monoisotopic (exact) mass is 282 g/mol. The van der Waals surface area contributed by atoms with Gasteiger partial charge >= 0.3 is 5.97 Å². The third kappa shape index (κ3) is 5.94. The second-order valence-corrected chi connectivity index (χ2v) is 5.71. The lowest BCUT2D eigenvalue weighted by Crippen LogP contribution is -2.42. The molecule has 1 unspecified atom stereocenters. The van der Waals surface area contributed by atoms with Gasteiger partial charge in [-0.3, -0.25) is 4.79 Å². The van der Waals surface area contributed by atoms with Crippen molar-refractivity contribution in [3.8, 4) is 0 Å². The molecule has 0 aliphatic heterocycles. The first kappa shape index (κ1) is 16.3. The van der Waals surface area contributed by atoms with Crippen LogP contribution < -0.4 is 10.5 Å². The van der Waals surface area contributed by atoms with Crippen molar-refractivity contribution in [1.82, 2.24) is 4.72 Å². The van der Waals surface area contributed by atoms with E-state index in [1.54, 1.807) is 13.8 Å². The van der Waals surface area contributed by atoms with E-state index in [0.717, 1.165) is 0 Å². The maximum absolute atomic E-state index is 11.7. The minimum atomic E-state index is -3.61. The van der Waals surface area contributed by atoms with Crippen molar-refractivity contribution in [2.45, 2.75) is 31.9 Å².